The molecular formula is C5H7N5O. The molecule has 2 heterocycles. The summed E-state index contributed by atoms with van der Waals surface area (Å²) in [5.74, 6) is 0.605. The van der Waals surface area contributed by atoms with E-state index in [1.54, 1.807) is 0 Å². The lowest BCUT2D eigenvalue weighted by Gasteiger charge is -2.05. The molecular weight excluding hydrogens is 146 g/mol. The summed E-state index contributed by atoms with van der Waals surface area (Å²) in [6.45, 7) is 0.608. The summed E-state index contributed by atoms with van der Waals surface area (Å²) in [4.78, 5) is 12.8. The van der Waals surface area contributed by atoms with Gasteiger partial charge in [-0.25, -0.2) is 5.10 Å². The first-order valence-corrected chi connectivity index (χ1v) is 3.19. The molecule has 6 nitrogen and oxygen atoms in total. The van der Waals surface area contributed by atoms with Gasteiger partial charge in [0.15, 0.2) is 5.82 Å². The Labute approximate surface area is 62.2 Å². The minimum Gasteiger partial charge on any atom is -0.360 e. The van der Waals surface area contributed by atoms with E-state index in [1.165, 1.54) is 0 Å². The Morgan fingerprint density at radius 2 is 2.45 bits per heavy atom. The van der Waals surface area contributed by atoms with Crippen molar-refractivity contribution in [2.24, 2.45) is 0 Å². The largest absolute Gasteiger partial charge is 0.360 e. The first-order valence-electron chi connectivity index (χ1n) is 3.19. The number of aromatic amines is 1. The molecule has 0 aromatic carbocycles. The zero-order valence-corrected chi connectivity index (χ0v) is 5.96. The molecule has 11 heavy (non-hydrogen) atoms. The summed E-state index contributed by atoms with van der Waals surface area (Å²) in [6.07, 6.45) is 0. The van der Waals surface area contributed by atoms with Gasteiger partial charge in [0.1, 0.15) is 5.69 Å². The third-order valence-corrected chi connectivity index (χ3v) is 1.60. The van der Waals surface area contributed by atoms with Crippen molar-refractivity contribution in [3.05, 3.63) is 10.4 Å². The van der Waals surface area contributed by atoms with Crippen molar-refractivity contribution in [3.8, 4) is 0 Å². The van der Waals surface area contributed by atoms with Crippen LogP contribution in [0.15, 0.2) is 4.79 Å². The summed E-state index contributed by atoms with van der Waals surface area (Å²) in [5.41, 5.74) is 0.279. The van der Waals surface area contributed by atoms with Crippen molar-refractivity contribution in [1.29, 1.82) is 0 Å². The lowest BCUT2D eigenvalue weighted by atomic mass is 10.5. The van der Waals surface area contributed by atoms with Crippen molar-refractivity contribution in [1.82, 2.24) is 15.4 Å². The van der Waals surface area contributed by atoms with Crippen LogP contribution in [0, 0.1) is 0 Å². The maximum absolute atomic E-state index is 11.0. The van der Waals surface area contributed by atoms with Gasteiger partial charge in [-0.3, -0.25) is 4.79 Å². The van der Waals surface area contributed by atoms with Gasteiger partial charge in [0.05, 0.1) is 6.67 Å². The van der Waals surface area contributed by atoms with E-state index in [0.29, 0.717) is 18.2 Å². The number of rotatable bonds is 0. The zero-order chi connectivity index (χ0) is 7.84. The average Bonchev–Trinajstić information content (AvgIpc) is 2.35. The average molecular weight is 153 g/mol. The Bertz CT molecular complexity index is 332. The molecule has 0 spiro atoms. The summed E-state index contributed by atoms with van der Waals surface area (Å²) >= 11 is 0. The molecule has 0 saturated carbocycles. The van der Waals surface area contributed by atoms with Crippen LogP contribution < -0.4 is 15.8 Å². The van der Waals surface area contributed by atoms with E-state index in [2.05, 4.69) is 20.7 Å². The smallest absolute Gasteiger partial charge is 0.292 e. The van der Waals surface area contributed by atoms with E-state index in [1.807, 2.05) is 11.9 Å². The highest BCUT2D eigenvalue weighted by Crippen LogP contribution is 2.20. The van der Waals surface area contributed by atoms with E-state index in [9.17, 15) is 4.79 Å². The molecule has 0 bridgehead atoms. The molecule has 0 amide bonds. The van der Waals surface area contributed by atoms with Crippen molar-refractivity contribution < 1.29 is 0 Å². The second-order valence-electron chi connectivity index (χ2n) is 2.37. The fourth-order valence-corrected chi connectivity index (χ4v) is 1.02. The maximum Gasteiger partial charge on any atom is 0.292 e. The van der Waals surface area contributed by atoms with Crippen molar-refractivity contribution in [3.63, 3.8) is 0 Å². The van der Waals surface area contributed by atoms with E-state index >= 15 is 0 Å². The minimum atomic E-state index is -0.223. The summed E-state index contributed by atoms with van der Waals surface area (Å²) in [5, 5.41) is 12.3. The van der Waals surface area contributed by atoms with E-state index < -0.39 is 0 Å². The SMILES string of the molecule is CN1CNc2c1nn[nH]c2=O. The molecule has 2 N–H and O–H groups in total. The molecule has 1 aliphatic rings. The van der Waals surface area contributed by atoms with Crippen LogP contribution in [0.5, 0.6) is 0 Å². The second-order valence-corrected chi connectivity index (χ2v) is 2.37. The number of nitrogens with one attached hydrogen (secondary N) is 2. The van der Waals surface area contributed by atoms with Gasteiger partial charge in [-0.2, -0.15) is 0 Å². The normalized spacial score (nSPS) is 14.5. The zero-order valence-electron chi connectivity index (χ0n) is 5.96. The number of H-pyrrole nitrogens is 1. The summed E-state index contributed by atoms with van der Waals surface area (Å²) in [7, 11) is 1.84. The lowest BCUT2D eigenvalue weighted by Crippen LogP contribution is -2.16. The predicted octanol–water partition coefficient (Wildman–Crippen LogP) is -1.02. The van der Waals surface area contributed by atoms with Crippen LogP contribution in [0.4, 0.5) is 11.5 Å². The van der Waals surface area contributed by atoms with Crippen LogP contribution >= 0.6 is 0 Å². The van der Waals surface area contributed by atoms with Gasteiger partial charge in [0.2, 0.25) is 0 Å². The van der Waals surface area contributed by atoms with Gasteiger partial charge < -0.3 is 10.2 Å². The quantitative estimate of drug-likeness (QED) is 0.499. The Balaban J connectivity index is 2.66. The Morgan fingerprint density at radius 1 is 1.64 bits per heavy atom. The molecule has 0 aliphatic carbocycles. The number of aromatic nitrogens is 3. The van der Waals surface area contributed by atoms with E-state index in [-0.39, 0.29) is 5.56 Å². The van der Waals surface area contributed by atoms with Crippen LogP contribution in [-0.2, 0) is 0 Å². The Morgan fingerprint density at radius 3 is 3.18 bits per heavy atom. The fraction of sp³-hybridized carbons (Fsp3) is 0.400. The lowest BCUT2D eigenvalue weighted by molar-refractivity contribution is 0.837. The van der Waals surface area contributed by atoms with Crippen LogP contribution in [0.1, 0.15) is 0 Å². The highest BCUT2D eigenvalue weighted by atomic mass is 16.1. The standard InChI is InChI=1S/C5H7N5O/c1-10-2-6-3-4(10)7-9-8-5(3)11/h6H,2H2,1H3,(H,7,8,11). The highest BCUT2D eigenvalue weighted by Gasteiger charge is 2.19. The summed E-state index contributed by atoms with van der Waals surface area (Å²) in [6, 6.07) is 0. The van der Waals surface area contributed by atoms with Crippen LogP contribution in [0.3, 0.4) is 0 Å². The Kier molecular flexibility index (Phi) is 1.09. The number of hydrogen-bond acceptors (Lipinski definition) is 5. The molecule has 1 aliphatic heterocycles. The van der Waals surface area contributed by atoms with E-state index in [4.69, 9.17) is 0 Å². The van der Waals surface area contributed by atoms with Gasteiger partial charge in [-0.15, -0.1) is 5.10 Å². The van der Waals surface area contributed by atoms with Gasteiger partial charge >= 0.3 is 0 Å². The molecule has 0 saturated heterocycles. The number of fused-ring (bicyclic) bond motifs is 1. The number of hydrogen-bond donors (Lipinski definition) is 2. The molecule has 1 aromatic rings. The third-order valence-electron chi connectivity index (χ3n) is 1.60. The van der Waals surface area contributed by atoms with Gasteiger partial charge in [-0.1, -0.05) is 5.21 Å². The molecule has 0 atom stereocenters. The molecule has 0 fully saturated rings. The molecule has 6 heteroatoms. The van der Waals surface area contributed by atoms with E-state index in [0.717, 1.165) is 0 Å². The number of nitrogens with zero attached hydrogens (tertiary/aromatic N) is 3. The minimum absolute atomic E-state index is 0.223. The maximum atomic E-state index is 11.0. The fourth-order valence-electron chi connectivity index (χ4n) is 1.02. The van der Waals surface area contributed by atoms with Crippen molar-refractivity contribution >= 4 is 11.5 Å². The molecule has 58 valence electrons. The Hall–Kier alpha value is -1.59. The molecule has 1 aromatic heterocycles. The van der Waals surface area contributed by atoms with Gasteiger partial charge in [-0.05, 0) is 0 Å². The second kappa shape index (κ2) is 1.94. The monoisotopic (exact) mass is 153 g/mol. The van der Waals surface area contributed by atoms with Crippen molar-refractivity contribution in [2.45, 2.75) is 0 Å². The van der Waals surface area contributed by atoms with Crippen molar-refractivity contribution in [2.75, 3.05) is 23.9 Å². The van der Waals surface area contributed by atoms with Crippen LogP contribution in [-0.4, -0.2) is 29.1 Å². The summed E-state index contributed by atoms with van der Waals surface area (Å²) < 4.78 is 0. The van der Waals surface area contributed by atoms with Crippen LogP contribution in [0.25, 0.3) is 0 Å². The molecule has 2 rings (SSSR count). The van der Waals surface area contributed by atoms with Crippen LogP contribution in [0.2, 0.25) is 0 Å². The highest BCUT2D eigenvalue weighted by molar-refractivity contribution is 5.68. The van der Waals surface area contributed by atoms with Gasteiger partial charge in [0, 0.05) is 7.05 Å². The third kappa shape index (κ3) is 0.754. The van der Waals surface area contributed by atoms with Gasteiger partial charge in [0.25, 0.3) is 5.56 Å². The molecule has 0 unspecified atom stereocenters. The number of anilines is 2. The topological polar surface area (TPSA) is 73.9 Å². The predicted molar refractivity (Wildman–Crippen MR) is 39.5 cm³/mol. The molecule has 0 radical (unpaired) electrons. The first-order chi connectivity index (χ1) is 5.29. The first kappa shape index (κ1) is 6.14.